The molecule has 0 amide bonds. The molecule has 2 heterocycles. The first-order valence-electron chi connectivity index (χ1n) is 7.72. The van der Waals surface area contributed by atoms with Crippen molar-refractivity contribution in [2.24, 2.45) is 0 Å². The molecular weight excluding hydrogens is 260 g/mol. The normalized spacial score (nSPS) is 16.4. The number of fused-ring (bicyclic) bond motifs is 1. The summed E-state index contributed by atoms with van der Waals surface area (Å²) in [6, 6.07) is 10.6. The van der Waals surface area contributed by atoms with Crippen LogP contribution in [0.1, 0.15) is 37.1 Å². The lowest BCUT2D eigenvalue weighted by Gasteiger charge is -2.26. The van der Waals surface area contributed by atoms with Crippen LogP contribution in [0.25, 0.3) is 10.9 Å². The zero-order valence-electron chi connectivity index (χ0n) is 12.7. The molecule has 0 saturated carbocycles. The molecule has 1 aromatic carbocycles. The zero-order chi connectivity index (χ0) is 14.7. The minimum atomic E-state index is 0.113. The Morgan fingerprint density at radius 3 is 2.95 bits per heavy atom. The standard InChI is InChI=1S/C18H22N2O/c1-3-19-18(17-10-6-7-11-21-17)15-12-13(2)20-16-9-5-4-8-14(15)16/h4-5,8-10,12,18-19H,3,6-7,11H2,1-2H3. The van der Waals surface area contributed by atoms with Gasteiger partial charge in [-0.25, -0.2) is 0 Å². The molecule has 2 aromatic rings. The van der Waals surface area contributed by atoms with Crippen LogP contribution in [0.2, 0.25) is 0 Å². The summed E-state index contributed by atoms with van der Waals surface area (Å²) in [5, 5.41) is 4.77. The third-order valence-electron chi connectivity index (χ3n) is 3.84. The van der Waals surface area contributed by atoms with Crippen molar-refractivity contribution < 1.29 is 4.74 Å². The number of aryl methyl sites for hydroxylation is 1. The minimum absolute atomic E-state index is 0.113. The van der Waals surface area contributed by atoms with Gasteiger partial charge in [-0.05, 0) is 50.1 Å². The van der Waals surface area contributed by atoms with E-state index < -0.39 is 0 Å². The van der Waals surface area contributed by atoms with Crippen molar-refractivity contribution in [3.05, 3.63) is 53.4 Å². The average Bonchev–Trinajstić information content (AvgIpc) is 2.52. The van der Waals surface area contributed by atoms with Crippen LogP contribution in [0.3, 0.4) is 0 Å². The van der Waals surface area contributed by atoms with Gasteiger partial charge in [-0.3, -0.25) is 4.98 Å². The van der Waals surface area contributed by atoms with Crippen LogP contribution in [0.4, 0.5) is 0 Å². The number of hydrogen-bond acceptors (Lipinski definition) is 3. The lowest BCUT2D eigenvalue weighted by atomic mass is 9.98. The molecule has 0 aliphatic carbocycles. The van der Waals surface area contributed by atoms with Crippen molar-refractivity contribution in [2.75, 3.05) is 13.2 Å². The summed E-state index contributed by atoms with van der Waals surface area (Å²) in [4.78, 5) is 4.64. The highest BCUT2D eigenvalue weighted by molar-refractivity contribution is 5.83. The van der Waals surface area contributed by atoms with Gasteiger partial charge in [-0.2, -0.15) is 0 Å². The minimum Gasteiger partial charge on any atom is -0.496 e. The Bertz CT molecular complexity index is 663. The van der Waals surface area contributed by atoms with Crippen LogP contribution >= 0.6 is 0 Å². The molecule has 1 aliphatic rings. The first-order chi connectivity index (χ1) is 10.3. The van der Waals surface area contributed by atoms with Gasteiger partial charge in [-0.15, -0.1) is 0 Å². The molecule has 3 nitrogen and oxygen atoms in total. The third kappa shape index (κ3) is 2.93. The van der Waals surface area contributed by atoms with Crippen molar-refractivity contribution in [1.82, 2.24) is 10.3 Å². The van der Waals surface area contributed by atoms with Crippen LogP contribution in [0.5, 0.6) is 0 Å². The Hall–Kier alpha value is -1.87. The molecule has 3 heteroatoms. The van der Waals surface area contributed by atoms with Crippen molar-refractivity contribution in [2.45, 2.75) is 32.7 Å². The van der Waals surface area contributed by atoms with E-state index in [4.69, 9.17) is 4.74 Å². The Morgan fingerprint density at radius 2 is 2.19 bits per heavy atom. The lowest BCUT2D eigenvalue weighted by Crippen LogP contribution is -2.25. The predicted octanol–water partition coefficient (Wildman–Crippen LogP) is 3.89. The topological polar surface area (TPSA) is 34.1 Å². The summed E-state index contributed by atoms with van der Waals surface area (Å²) in [5.41, 5.74) is 3.35. The van der Waals surface area contributed by atoms with Crippen LogP contribution in [0, 0.1) is 6.92 Å². The molecule has 110 valence electrons. The van der Waals surface area contributed by atoms with Crippen LogP contribution in [-0.4, -0.2) is 18.1 Å². The summed E-state index contributed by atoms with van der Waals surface area (Å²) in [6.07, 6.45) is 4.43. The number of ether oxygens (including phenoxy) is 1. The second-order valence-corrected chi connectivity index (χ2v) is 5.46. The van der Waals surface area contributed by atoms with Gasteiger partial charge in [0.05, 0.1) is 18.2 Å². The number of hydrogen-bond donors (Lipinski definition) is 1. The van der Waals surface area contributed by atoms with E-state index in [1.165, 1.54) is 10.9 Å². The lowest BCUT2D eigenvalue weighted by molar-refractivity contribution is 0.168. The van der Waals surface area contributed by atoms with E-state index in [9.17, 15) is 0 Å². The molecule has 1 aromatic heterocycles. The molecule has 1 N–H and O–H groups in total. The SMILES string of the molecule is CCNC(C1=CCCCO1)c1cc(C)nc2ccccc12. The van der Waals surface area contributed by atoms with E-state index in [0.29, 0.717) is 0 Å². The molecule has 0 fully saturated rings. The number of aromatic nitrogens is 1. The molecule has 0 radical (unpaired) electrons. The number of pyridine rings is 1. The Labute approximate surface area is 126 Å². The van der Waals surface area contributed by atoms with Crippen LogP contribution < -0.4 is 5.32 Å². The van der Waals surface area contributed by atoms with Gasteiger partial charge >= 0.3 is 0 Å². The van der Waals surface area contributed by atoms with E-state index >= 15 is 0 Å². The number of para-hydroxylation sites is 1. The first-order valence-corrected chi connectivity index (χ1v) is 7.72. The largest absolute Gasteiger partial charge is 0.496 e. The summed E-state index contributed by atoms with van der Waals surface area (Å²) < 4.78 is 5.91. The Morgan fingerprint density at radius 1 is 1.33 bits per heavy atom. The average molecular weight is 282 g/mol. The maximum atomic E-state index is 5.91. The van der Waals surface area contributed by atoms with Crippen molar-refractivity contribution in [3.8, 4) is 0 Å². The number of nitrogens with zero attached hydrogens (tertiary/aromatic N) is 1. The highest BCUT2D eigenvalue weighted by atomic mass is 16.5. The quantitative estimate of drug-likeness (QED) is 0.924. The van der Waals surface area contributed by atoms with Gasteiger partial charge in [0.1, 0.15) is 5.76 Å². The van der Waals surface area contributed by atoms with Gasteiger partial charge in [0.2, 0.25) is 0 Å². The second kappa shape index (κ2) is 6.27. The second-order valence-electron chi connectivity index (χ2n) is 5.46. The number of nitrogens with one attached hydrogen (secondary N) is 1. The van der Waals surface area contributed by atoms with Crippen molar-refractivity contribution in [3.63, 3.8) is 0 Å². The van der Waals surface area contributed by atoms with Gasteiger partial charge in [0, 0.05) is 11.1 Å². The van der Waals surface area contributed by atoms with E-state index in [1.807, 2.05) is 6.07 Å². The highest BCUT2D eigenvalue weighted by Gasteiger charge is 2.21. The molecule has 1 unspecified atom stereocenters. The van der Waals surface area contributed by atoms with E-state index in [1.54, 1.807) is 0 Å². The fraction of sp³-hybridized carbons (Fsp3) is 0.389. The smallest absolute Gasteiger partial charge is 0.113 e. The van der Waals surface area contributed by atoms with Crippen LogP contribution in [0.15, 0.2) is 42.2 Å². The van der Waals surface area contributed by atoms with Crippen molar-refractivity contribution in [1.29, 1.82) is 0 Å². The molecule has 0 spiro atoms. The van der Waals surface area contributed by atoms with Gasteiger partial charge in [0.15, 0.2) is 0 Å². The number of likely N-dealkylation sites (N-methyl/N-ethyl adjacent to an activating group) is 1. The van der Waals surface area contributed by atoms with Gasteiger partial charge in [-0.1, -0.05) is 25.1 Å². The summed E-state index contributed by atoms with van der Waals surface area (Å²) in [7, 11) is 0. The molecule has 1 atom stereocenters. The first kappa shape index (κ1) is 14.1. The van der Waals surface area contributed by atoms with Gasteiger partial charge in [0.25, 0.3) is 0 Å². The highest BCUT2D eigenvalue weighted by Crippen LogP contribution is 2.31. The molecule has 3 rings (SSSR count). The van der Waals surface area contributed by atoms with E-state index in [0.717, 1.165) is 43.0 Å². The molecule has 1 aliphatic heterocycles. The van der Waals surface area contributed by atoms with Crippen LogP contribution in [-0.2, 0) is 4.74 Å². The number of rotatable bonds is 4. The van der Waals surface area contributed by atoms with E-state index in [2.05, 4.69) is 54.5 Å². The molecule has 0 saturated heterocycles. The monoisotopic (exact) mass is 282 g/mol. The maximum absolute atomic E-state index is 5.91. The summed E-state index contributed by atoms with van der Waals surface area (Å²) in [5.74, 6) is 1.05. The Kier molecular flexibility index (Phi) is 4.20. The molecular formula is C18H22N2O. The molecule has 0 bridgehead atoms. The third-order valence-corrected chi connectivity index (χ3v) is 3.84. The molecule has 21 heavy (non-hydrogen) atoms. The zero-order valence-corrected chi connectivity index (χ0v) is 12.7. The number of benzene rings is 1. The fourth-order valence-electron chi connectivity index (χ4n) is 2.92. The predicted molar refractivity (Wildman–Crippen MR) is 86.2 cm³/mol. The Balaban J connectivity index is 2.12. The van der Waals surface area contributed by atoms with Crippen molar-refractivity contribution >= 4 is 10.9 Å². The summed E-state index contributed by atoms with van der Waals surface area (Å²) in [6.45, 7) is 5.90. The number of allylic oxidation sites excluding steroid dienone is 1. The maximum Gasteiger partial charge on any atom is 0.113 e. The van der Waals surface area contributed by atoms with E-state index in [-0.39, 0.29) is 6.04 Å². The van der Waals surface area contributed by atoms with Gasteiger partial charge < -0.3 is 10.1 Å². The fourth-order valence-corrected chi connectivity index (χ4v) is 2.92. The summed E-state index contributed by atoms with van der Waals surface area (Å²) >= 11 is 0.